The van der Waals surface area contributed by atoms with E-state index in [0.29, 0.717) is 17.2 Å². The Kier molecular flexibility index (Phi) is 3.78. The summed E-state index contributed by atoms with van der Waals surface area (Å²) in [5, 5.41) is 15.0. The van der Waals surface area contributed by atoms with Crippen molar-refractivity contribution in [3.05, 3.63) is 35.9 Å². The van der Waals surface area contributed by atoms with Gasteiger partial charge in [0.2, 0.25) is 5.95 Å². The smallest absolute Gasteiger partial charge is 0.223 e. The third-order valence-corrected chi connectivity index (χ3v) is 2.37. The number of nitrogens with two attached hydrogens (primary N) is 1. The molecule has 19 heavy (non-hydrogen) atoms. The van der Waals surface area contributed by atoms with E-state index in [9.17, 15) is 0 Å². The maximum atomic E-state index is 8.85. The lowest BCUT2D eigenvalue weighted by atomic mass is 10.2. The van der Waals surface area contributed by atoms with Crippen molar-refractivity contribution in [2.75, 3.05) is 22.9 Å². The molecule has 0 radical (unpaired) electrons. The minimum atomic E-state index is 0.192. The Balaban J connectivity index is 2.25. The first-order valence-electron chi connectivity index (χ1n) is 5.87. The van der Waals surface area contributed by atoms with Crippen molar-refractivity contribution in [3.63, 3.8) is 0 Å². The molecule has 4 N–H and O–H groups in total. The lowest BCUT2D eigenvalue weighted by molar-refractivity contribution is 1.12. The van der Waals surface area contributed by atoms with Gasteiger partial charge in [-0.05, 0) is 25.1 Å². The van der Waals surface area contributed by atoms with E-state index in [1.165, 1.54) is 0 Å². The number of hydrogen-bond acceptors (Lipinski definition) is 6. The zero-order valence-electron chi connectivity index (χ0n) is 10.5. The maximum Gasteiger partial charge on any atom is 0.223 e. The van der Waals surface area contributed by atoms with Crippen molar-refractivity contribution in [1.82, 2.24) is 9.97 Å². The summed E-state index contributed by atoms with van der Waals surface area (Å²) in [4.78, 5) is 8.16. The molecule has 2 rings (SSSR count). The molecule has 0 bridgehead atoms. The van der Waals surface area contributed by atoms with Gasteiger partial charge in [0.25, 0.3) is 0 Å². The van der Waals surface area contributed by atoms with Crippen LogP contribution in [0.2, 0.25) is 0 Å². The molecule has 1 aromatic carbocycles. The van der Waals surface area contributed by atoms with Gasteiger partial charge >= 0.3 is 0 Å². The molecule has 6 nitrogen and oxygen atoms in total. The van der Waals surface area contributed by atoms with Crippen LogP contribution in [0.4, 0.5) is 23.3 Å². The molecule has 6 heteroatoms. The first-order valence-corrected chi connectivity index (χ1v) is 5.87. The van der Waals surface area contributed by atoms with Gasteiger partial charge < -0.3 is 16.4 Å². The fourth-order valence-electron chi connectivity index (χ4n) is 1.62. The van der Waals surface area contributed by atoms with Crippen LogP contribution in [0.5, 0.6) is 0 Å². The molecule has 0 aliphatic rings. The van der Waals surface area contributed by atoms with Crippen LogP contribution < -0.4 is 16.4 Å². The van der Waals surface area contributed by atoms with Gasteiger partial charge in [0.1, 0.15) is 11.6 Å². The van der Waals surface area contributed by atoms with E-state index in [1.54, 1.807) is 24.3 Å². The molecule has 0 spiro atoms. The molecule has 0 aliphatic carbocycles. The Morgan fingerprint density at radius 2 is 2.05 bits per heavy atom. The number of hydrogen-bond donors (Lipinski definition) is 3. The molecule has 0 amide bonds. The molecule has 0 fully saturated rings. The van der Waals surface area contributed by atoms with E-state index in [1.807, 2.05) is 13.0 Å². The first kappa shape index (κ1) is 12.6. The highest BCUT2D eigenvalue weighted by Gasteiger charge is 2.02. The molecule has 0 aliphatic heterocycles. The van der Waals surface area contributed by atoms with Crippen LogP contribution in [0.3, 0.4) is 0 Å². The second-order valence-corrected chi connectivity index (χ2v) is 3.84. The van der Waals surface area contributed by atoms with Crippen LogP contribution in [0.25, 0.3) is 0 Å². The third kappa shape index (κ3) is 3.33. The maximum absolute atomic E-state index is 8.85. The molecule has 0 unspecified atom stereocenters. The van der Waals surface area contributed by atoms with Crippen LogP contribution in [-0.4, -0.2) is 16.5 Å². The van der Waals surface area contributed by atoms with E-state index >= 15 is 0 Å². The zero-order chi connectivity index (χ0) is 13.7. The fraction of sp³-hybridized carbons (Fsp3) is 0.154. The van der Waals surface area contributed by atoms with Gasteiger partial charge in [0, 0.05) is 18.3 Å². The molecule has 0 saturated heterocycles. The second kappa shape index (κ2) is 5.69. The Morgan fingerprint density at radius 3 is 2.79 bits per heavy atom. The van der Waals surface area contributed by atoms with E-state index in [0.717, 1.165) is 12.2 Å². The molecule has 0 saturated carbocycles. The van der Waals surface area contributed by atoms with Crippen LogP contribution in [0, 0.1) is 11.3 Å². The number of anilines is 4. The van der Waals surface area contributed by atoms with Gasteiger partial charge in [-0.25, -0.2) is 0 Å². The van der Waals surface area contributed by atoms with Gasteiger partial charge in [0.05, 0.1) is 11.6 Å². The van der Waals surface area contributed by atoms with E-state index in [2.05, 4.69) is 26.7 Å². The summed E-state index contributed by atoms with van der Waals surface area (Å²) in [6.07, 6.45) is 0. The monoisotopic (exact) mass is 254 g/mol. The third-order valence-electron chi connectivity index (χ3n) is 2.37. The molecule has 2 aromatic rings. The normalized spacial score (nSPS) is 9.68. The largest absolute Gasteiger partial charge is 0.370 e. The lowest BCUT2D eigenvalue weighted by Gasteiger charge is -2.09. The average Bonchev–Trinajstić information content (AvgIpc) is 2.38. The van der Waals surface area contributed by atoms with Crippen molar-refractivity contribution in [1.29, 1.82) is 5.26 Å². The molecule has 1 heterocycles. The average molecular weight is 254 g/mol. The Labute approximate surface area is 111 Å². The van der Waals surface area contributed by atoms with E-state index in [4.69, 9.17) is 11.0 Å². The molecule has 0 atom stereocenters. The quantitative estimate of drug-likeness (QED) is 0.772. The van der Waals surface area contributed by atoms with Crippen molar-refractivity contribution in [2.45, 2.75) is 6.92 Å². The number of aromatic nitrogens is 2. The number of nitriles is 1. The summed E-state index contributed by atoms with van der Waals surface area (Å²) in [5.41, 5.74) is 7.00. The molecule has 96 valence electrons. The Morgan fingerprint density at radius 1 is 1.26 bits per heavy atom. The first-order chi connectivity index (χ1) is 9.21. The van der Waals surface area contributed by atoms with Crippen molar-refractivity contribution < 1.29 is 0 Å². The van der Waals surface area contributed by atoms with Gasteiger partial charge in [-0.3, -0.25) is 0 Å². The van der Waals surface area contributed by atoms with Gasteiger partial charge in [-0.2, -0.15) is 15.2 Å². The summed E-state index contributed by atoms with van der Waals surface area (Å²) in [7, 11) is 0. The summed E-state index contributed by atoms with van der Waals surface area (Å²) in [5.74, 6) is 1.44. The highest BCUT2D eigenvalue weighted by molar-refractivity contribution is 5.62. The summed E-state index contributed by atoms with van der Waals surface area (Å²) >= 11 is 0. The second-order valence-electron chi connectivity index (χ2n) is 3.84. The number of benzene rings is 1. The number of nitrogen functional groups attached to an aromatic ring is 1. The Bertz CT molecular complexity index is 617. The van der Waals surface area contributed by atoms with Crippen LogP contribution in [-0.2, 0) is 0 Å². The lowest BCUT2D eigenvalue weighted by Crippen LogP contribution is -2.05. The Hall–Kier alpha value is -2.81. The zero-order valence-corrected chi connectivity index (χ0v) is 10.5. The van der Waals surface area contributed by atoms with Crippen LogP contribution in [0.1, 0.15) is 12.5 Å². The van der Waals surface area contributed by atoms with Crippen LogP contribution in [0.15, 0.2) is 30.3 Å². The van der Waals surface area contributed by atoms with E-state index < -0.39 is 0 Å². The molecule has 1 aromatic heterocycles. The predicted molar refractivity (Wildman–Crippen MR) is 75.0 cm³/mol. The predicted octanol–water partition coefficient (Wildman–Crippen LogP) is 2.11. The molecular weight excluding hydrogens is 240 g/mol. The highest BCUT2D eigenvalue weighted by atomic mass is 15.1. The summed E-state index contributed by atoms with van der Waals surface area (Å²) in [6, 6.07) is 11.0. The number of nitrogens with zero attached hydrogens (tertiary/aromatic N) is 3. The number of nitrogens with one attached hydrogen (secondary N) is 2. The fourth-order valence-corrected chi connectivity index (χ4v) is 1.62. The standard InChI is InChI=1S/C13H14N6/c1-2-16-11-7-12(19-13(15)18-11)17-10-5-3-4-9(6-10)8-14/h3-7H,2H2,1H3,(H4,15,16,17,18,19). The van der Waals surface area contributed by atoms with Gasteiger partial charge in [-0.15, -0.1) is 0 Å². The van der Waals surface area contributed by atoms with Gasteiger partial charge in [-0.1, -0.05) is 6.07 Å². The minimum Gasteiger partial charge on any atom is -0.370 e. The summed E-state index contributed by atoms with van der Waals surface area (Å²) in [6.45, 7) is 2.72. The van der Waals surface area contributed by atoms with Crippen molar-refractivity contribution in [2.24, 2.45) is 0 Å². The molecular formula is C13H14N6. The SMILES string of the molecule is CCNc1cc(Nc2cccc(C#N)c2)nc(N)n1. The van der Waals surface area contributed by atoms with Crippen molar-refractivity contribution >= 4 is 23.3 Å². The van der Waals surface area contributed by atoms with E-state index in [-0.39, 0.29) is 5.95 Å². The topological polar surface area (TPSA) is 99.6 Å². The summed E-state index contributed by atoms with van der Waals surface area (Å²) < 4.78 is 0. The van der Waals surface area contributed by atoms with Crippen LogP contribution >= 0.6 is 0 Å². The van der Waals surface area contributed by atoms with Gasteiger partial charge in [0.15, 0.2) is 0 Å². The highest BCUT2D eigenvalue weighted by Crippen LogP contribution is 2.18. The van der Waals surface area contributed by atoms with Crippen molar-refractivity contribution in [3.8, 4) is 6.07 Å². The number of rotatable bonds is 4. The minimum absolute atomic E-state index is 0.192.